The number of carbonyl (C=O) groups is 1. The second-order valence-corrected chi connectivity index (χ2v) is 7.45. The molecule has 0 radical (unpaired) electrons. The topological polar surface area (TPSA) is 59.0 Å². The number of carbonyl (C=O) groups excluding carboxylic acids is 1. The molecular weight excluding hydrogens is 378 g/mol. The van der Waals surface area contributed by atoms with Gasteiger partial charge in [0.15, 0.2) is 17.3 Å². The number of aliphatic hydroxyl groups is 1. The van der Waals surface area contributed by atoms with Gasteiger partial charge in [-0.3, -0.25) is 4.79 Å². The summed E-state index contributed by atoms with van der Waals surface area (Å²) in [6.07, 6.45) is 5.70. The number of ketones is 1. The van der Waals surface area contributed by atoms with Crippen molar-refractivity contribution >= 4 is 17.5 Å². The molecule has 30 heavy (non-hydrogen) atoms. The molecule has 1 N–H and O–H groups in total. The van der Waals surface area contributed by atoms with Crippen LogP contribution >= 0.6 is 0 Å². The standard InChI is InChI=1S/C25H31NO4/c1-3-17-30-24-12-6-19(18-25(24)29-4-2)5-11-23(28)20-7-9-21(10-8-20)26-15-13-22(27)14-16-26/h5-12,18,22,27H,3-4,13-17H2,1-2H3/b11-5+. The van der Waals surface area contributed by atoms with Crippen molar-refractivity contribution in [1.29, 1.82) is 0 Å². The highest BCUT2D eigenvalue weighted by Gasteiger charge is 2.17. The molecule has 2 aromatic rings. The van der Waals surface area contributed by atoms with E-state index in [0.29, 0.717) is 24.5 Å². The van der Waals surface area contributed by atoms with Gasteiger partial charge in [-0.1, -0.05) is 19.1 Å². The van der Waals surface area contributed by atoms with Crippen LogP contribution in [0.1, 0.15) is 49.0 Å². The van der Waals surface area contributed by atoms with E-state index in [-0.39, 0.29) is 11.9 Å². The van der Waals surface area contributed by atoms with Gasteiger partial charge in [0.05, 0.1) is 19.3 Å². The fourth-order valence-corrected chi connectivity index (χ4v) is 3.46. The summed E-state index contributed by atoms with van der Waals surface area (Å²) < 4.78 is 11.4. The first-order valence-corrected chi connectivity index (χ1v) is 10.8. The highest BCUT2D eigenvalue weighted by Crippen LogP contribution is 2.29. The van der Waals surface area contributed by atoms with E-state index in [1.807, 2.05) is 49.4 Å². The number of allylic oxidation sites excluding steroid dienone is 1. The first-order chi connectivity index (χ1) is 14.6. The summed E-state index contributed by atoms with van der Waals surface area (Å²) in [6, 6.07) is 13.4. The van der Waals surface area contributed by atoms with E-state index >= 15 is 0 Å². The Bertz CT molecular complexity index is 852. The second kappa shape index (κ2) is 10.8. The molecule has 0 amide bonds. The maximum atomic E-state index is 12.6. The molecule has 0 unspecified atom stereocenters. The van der Waals surface area contributed by atoms with Crippen molar-refractivity contribution in [2.45, 2.75) is 39.2 Å². The molecule has 5 nitrogen and oxygen atoms in total. The summed E-state index contributed by atoms with van der Waals surface area (Å²) in [5, 5.41) is 9.65. The van der Waals surface area contributed by atoms with Gasteiger partial charge in [-0.2, -0.15) is 0 Å². The van der Waals surface area contributed by atoms with E-state index in [9.17, 15) is 9.90 Å². The number of rotatable bonds is 9. The molecule has 0 atom stereocenters. The van der Waals surface area contributed by atoms with Gasteiger partial charge in [0.2, 0.25) is 0 Å². The molecule has 1 saturated heterocycles. The van der Waals surface area contributed by atoms with Crippen molar-refractivity contribution in [2.24, 2.45) is 0 Å². The molecule has 1 fully saturated rings. The summed E-state index contributed by atoms with van der Waals surface area (Å²) in [5.41, 5.74) is 2.63. The van der Waals surface area contributed by atoms with Crippen LogP contribution in [0, 0.1) is 0 Å². The average molecular weight is 410 g/mol. The van der Waals surface area contributed by atoms with Crippen LogP contribution in [0.25, 0.3) is 6.08 Å². The Kier molecular flexibility index (Phi) is 7.91. The Balaban J connectivity index is 1.65. The number of ether oxygens (including phenoxy) is 2. The van der Waals surface area contributed by atoms with Gasteiger partial charge >= 0.3 is 0 Å². The first-order valence-electron chi connectivity index (χ1n) is 10.8. The number of piperidine rings is 1. The zero-order valence-corrected chi connectivity index (χ0v) is 17.8. The van der Waals surface area contributed by atoms with Crippen LogP contribution in [0.2, 0.25) is 0 Å². The summed E-state index contributed by atoms with van der Waals surface area (Å²) >= 11 is 0. The van der Waals surface area contributed by atoms with Crippen molar-refractivity contribution in [1.82, 2.24) is 0 Å². The van der Waals surface area contributed by atoms with Gasteiger partial charge in [0, 0.05) is 24.3 Å². The van der Waals surface area contributed by atoms with Crippen LogP contribution < -0.4 is 14.4 Å². The highest BCUT2D eigenvalue weighted by atomic mass is 16.5. The average Bonchev–Trinajstić information content (AvgIpc) is 2.77. The number of benzene rings is 2. The predicted octanol–water partition coefficient (Wildman–Crippen LogP) is 4.73. The number of aliphatic hydroxyl groups excluding tert-OH is 1. The zero-order chi connectivity index (χ0) is 21.3. The molecule has 3 rings (SSSR count). The first kappa shape index (κ1) is 21.9. The van der Waals surface area contributed by atoms with Crippen LogP contribution in [-0.4, -0.2) is 43.3 Å². The van der Waals surface area contributed by atoms with Crippen molar-refractivity contribution < 1.29 is 19.4 Å². The summed E-state index contributed by atoms with van der Waals surface area (Å²) in [4.78, 5) is 14.8. The number of hydrogen-bond donors (Lipinski definition) is 1. The highest BCUT2D eigenvalue weighted by molar-refractivity contribution is 6.07. The van der Waals surface area contributed by atoms with Gasteiger partial charge in [0.1, 0.15) is 0 Å². The van der Waals surface area contributed by atoms with Crippen molar-refractivity contribution in [3.8, 4) is 11.5 Å². The predicted molar refractivity (Wildman–Crippen MR) is 121 cm³/mol. The lowest BCUT2D eigenvalue weighted by Crippen LogP contribution is -2.35. The van der Waals surface area contributed by atoms with E-state index < -0.39 is 0 Å². The Morgan fingerprint density at radius 1 is 1.07 bits per heavy atom. The van der Waals surface area contributed by atoms with Crippen LogP contribution in [0.4, 0.5) is 5.69 Å². The minimum Gasteiger partial charge on any atom is -0.490 e. The molecule has 160 valence electrons. The molecule has 0 saturated carbocycles. The molecule has 0 aliphatic carbocycles. The number of anilines is 1. The van der Waals surface area contributed by atoms with Crippen molar-refractivity contribution in [3.05, 3.63) is 59.7 Å². The normalized spacial score (nSPS) is 14.8. The number of nitrogens with zero attached hydrogens (tertiary/aromatic N) is 1. The molecule has 0 bridgehead atoms. The Hall–Kier alpha value is -2.79. The molecule has 1 heterocycles. The third kappa shape index (κ3) is 5.86. The molecular formula is C25H31NO4. The quantitative estimate of drug-likeness (QED) is 0.479. The molecule has 0 aromatic heterocycles. The molecule has 0 spiro atoms. The lowest BCUT2D eigenvalue weighted by Gasteiger charge is -2.31. The fraction of sp³-hybridized carbons (Fsp3) is 0.400. The monoisotopic (exact) mass is 409 g/mol. The SMILES string of the molecule is CCCOc1ccc(/C=C/C(=O)c2ccc(N3CCC(O)CC3)cc2)cc1OCC. The van der Waals surface area contributed by atoms with Crippen molar-refractivity contribution in [3.63, 3.8) is 0 Å². The van der Waals surface area contributed by atoms with Crippen LogP contribution in [0.5, 0.6) is 11.5 Å². The lowest BCUT2D eigenvalue weighted by molar-refractivity contribution is 0.104. The van der Waals surface area contributed by atoms with E-state index in [4.69, 9.17) is 9.47 Å². The fourth-order valence-electron chi connectivity index (χ4n) is 3.46. The summed E-state index contributed by atoms with van der Waals surface area (Å²) in [5.74, 6) is 1.37. The van der Waals surface area contributed by atoms with Crippen LogP contribution in [0.3, 0.4) is 0 Å². The third-order valence-electron chi connectivity index (χ3n) is 5.14. The maximum Gasteiger partial charge on any atom is 0.185 e. The Morgan fingerprint density at radius 3 is 2.47 bits per heavy atom. The molecule has 2 aromatic carbocycles. The zero-order valence-electron chi connectivity index (χ0n) is 17.8. The van der Waals surface area contributed by atoms with E-state index in [1.165, 1.54) is 0 Å². The van der Waals surface area contributed by atoms with Gasteiger partial charge in [-0.25, -0.2) is 0 Å². The molecule has 1 aliphatic rings. The molecule has 5 heteroatoms. The van der Waals surface area contributed by atoms with Gasteiger partial charge in [-0.15, -0.1) is 0 Å². The van der Waals surface area contributed by atoms with E-state index in [1.54, 1.807) is 12.2 Å². The summed E-state index contributed by atoms with van der Waals surface area (Å²) in [7, 11) is 0. The van der Waals surface area contributed by atoms with Crippen LogP contribution in [0.15, 0.2) is 48.5 Å². The van der Waals surface area contributed by atoms with Gasteiger partial charge < -0.3 is 19.5 Å². The largest absolute Gasteiger partial charge is 0.490 e. The Morgan fingerprint density at radius 2 is 1.80 bits per heavy atom. The molecule has 1 aliphatic heterocycles. The van der Waals surface area contributed by atoms with Gasteiger partial charge in [-0.05, 0) is 74.2 Å². The minimum absolute atomic E-state index is 0.0418. The number of hydrogen-bond acceptors (Lipinski definition) is 5. The van der Waals surface area contributed by atoms with E-state index in [0.717, 1.165) is 49.4 Å². The Labute approximate surface area is 178 Å². The van der Waals surface area contributed by atoms with Gasteiger partial charge in [0.25, 0.3) is 0 Å². The third-order valence-corrected chi connectivity index (χ3v) is 5.14. The smallest absolute Gasteiger partial charge is 0.185 e. The van der Waals surface area contributed by atoms with Crippen LogP contribution in [-0.2, 0) is 0 Å². The minimum atomic E-state index is -0.192. The maximum absolute atomic E-state index is 12.6. The van der Waals surface area contributed by atoms with E-state index in [2.05, 4.69) is 11.8 Å². The lowest BCUT2D eigenvalue weighted by atomic mass is 10.1. The van der Waals surface area contributed by atoms with Crippen molar-refractivity contribution in [2.75, 3.05) is 31.2 Å². The summed E-state index contributed by atoms with van der Waals surface area (Å²) in [6.45, 7) is 6.87. The second-order valence-electron chi connectivity index (χ2n) is 7.45.